The zero-order chi connectivity index (χ0) is 10.5. The molecule has 0 nitrogen and oxygen atoms in total. The molecule has 0 heterocycles. The molecule has 0 N–H and O–H groups in total. The average molecular weight is 202 g/mol. The lowest BCUT2D eigenvalue weighted by atomic mass is 9.98. The van der Waals surface area contributed by atoms with Gasteiger partial charge in [0, 0.05) is 0 Å². The van der Waals surface area contributed by atoms with E-state index in [1.165, 1.54) is 56.1 Å². The van der Waals surface area contributed by atoms with Gasteiger partial charge in [0.25, 0.3) is 0 Å². The van der Waals surface area contributed by atoms with E-state index < -0.39 is 0 Å². The minimum atomic E-state index is 1.05. The Morgan fingerprint density at radius 3 is 2.40 bits per heavy atom. The number of hydrogen-bond acceptors (Lipinski definition) is 0. The highest BCUT2D eigenvalue weighted by Crippen LogP contribution is 2.28. The van der Waals surface area contributed by atoms with E-state index in [4.69, 9.17) is 0 Å². The van der Waals surface area contributed by atoms with Gasteiger partial charge in [0.2, 0.25) is 0 Å². The largest absolute Gasteiger partial charge is 0.0591 e. The maximum absolute atomic E-state index is 2.28. The molecule has 1 aliphatic carbocycles. The highest BCUT2D eigenvalue weighted by molar-refractivity contribution is 5.21. The summed E-state index contributed by atoms with van der Waals surface area (Å²) in [4.78, 5) is 0. The molecule has 0 heteroatoms. The normalized spacial score (nSPS) is 17.1. The second-order valence-electron chi connectivity index (χ2n) is 5.03. The van der Waals surface area contributed by atoms with Gasteiger partial charge in [-0.1, -0.05) is 61.9 Å². The average Bonchev–Trinajstić information content (AvgIpc) is 2.74. The molecule has 0 unspecified atom stereocenters. The van der Waals surface area contributed by atoms with Gasteiger partial charge in [-0.05, 0) is 31.2 Å². The number of benzene rings is 1. The van der Waals surface area contributed by atoms with Crippen LogP contribution in [0, 0.1) is 12.8 Å². The zero-order valence-electron chi connectivity index (χ0n) is 9.84. The highest BCUT2D eigenvalue weighted by Gasteiger charge is 2.13. The summed E-state index contributed by atoms with van der Waals surface area (Å²) < 4.78 is 0. The van der Waals surface area contributed by atoms with Gasteiger partial charge in [0.05, 0.1) is 0 Å². The summed E-state index contributed by atoms with van der Waals surface area (Å²) >= 11 is 0. The van der Waals surface area contributed by atoms with E-state index in [0.717, 1.165) is 5.92 Å². The lowest BCUT2D eigenvalue weighted by Crippen LogP contribution is -1.94. The summed E-state index contributed by atoms with van der Waals surface area (Å²) in [6.45, 7) is 2.16. The molecule has 1 aromatic carbocycles. The van der Waals surface area contributed by atoms with Crippen molar-refractivity contribution < 1.29 is 0 Å². The van der Waals surface area contributed by atoms with Gasteiger partial charge in [0.15, 0.2) is 0 Å². The van der Waals surface area contributed by atoms with Gasteiger partial charge in [-0.25, -0.2) is 0 Å². The van der Waals surface area contributed by atoms with E-state index in [2.05, 4.69) is 31.2 Å². The Bertz CT molecular complexity index is 277. The predicted octanol–water partition coefficient (Wildman–Crippen LogP) is 4.51. The lowest BCUT2D eigenvalue weighted by molar-refractivity contribution is 0.484. The molecule has 0 bridgehead atoms. The van der Waals surface area contributed by atoms with Crippen molar-refractivity contribution in [2.24, 2.45) is 5.92 Å². The molecule has 0 spiro atoms. The standard InChI is InChI=1S/C15H22/c1-13-9-11-15(12-10-13)8-4-7-14-5-2-3-6-14/h9-12,14H,2-8H2,1H3. The van der Waals surface area contributed by atoms with Crippen molar-refractivity contribution in [3.63, 3.8) is 0 Å². The van der Waals surface area contributed by atoms with Crippen LogP contribution in [0.3, 0.4) is 0 Å². The molecule has 0 atom stereocenters. The monoisotopic (exact) mass is 202 g/mol. The summed E-state index contributed by atoms with van der Waals surface area (Å²) in [6, 6.07) is 9.02. The van der Waals surface area contributed by atoms with E-state index in [-0.39, 0.29) is 0 Å². The first kappa shape index (κ1) is 10.7. The first-order valence-electron chi connectivity index (χ1n) is 6.40. The Kier molecular flexibility index (Phi) is 3.82. The molecule has 15 heavy (non-hydrogen) atoms. The number of aryl methyl sites for hydroxylation is 2. The number of hydrogen-bond donors (Lipinski definition) is 0. The topological polar surface area (TPSA) is 0 Å². The van der Waals surface area contributed by atoms with Crippen LogP contribution in [0.2, 0.25) is 0 Å². The quantitative estimate of drug-likeness (QED) is 0.674. The predicted molar refractivity (Wildman–Crippen MR) is 66.1 cm³/mol. The van der Waals surface area contributed by atoms with Crippen molar-refractivity contribution in [2.45, 2.75) is 51.9 Å². The van der Waals surface area contributed by atoms with Gasteiger partial charge in [-0.15, -0.1) is 0 Å². The third-order valence-corrected chi connectivity index (χ3v) is 3.67. The Labute approximate surface area is 93.7 Å². The van der Waals surface area contributed by atoms with Crippen LogP contribution in [-0.2, 0) is 6.42 Å². The SMILES string of the molecule is Cc1ccc(CCCC2CCCC2)cc1. The molecule has 2 rings (SSSR count). The van der Waals surface area contributed by atoms with Gasteiger partial charge in [-0.2, -0.15) is 0 Å². The van der Waals surface area contributed by atoms with Gasteiger partial charge in [-0.3, -0.25) is 0 Å². The van der Waals surface area contributed by atoms with E-state index in [1.807, 2.05) is 0 Å². The lowest BCUT2D eigenvalue weighted by Gasteiger charge is -2.08. The maximum Gasteiger partial charge on any atom is -0.0279 e. The van der Waals surface area contributed by atoms with Crippen molar-refractivity contribution in [1.29, 1.82) is 0 Å². The Balaban J connectivity index is 1.71. The number of rotatable bonds is 4. The molecule has 0 aromatic heterocycles. The van der Waals surface area contributed by atoms with E-state index in [1.54, 1.807) is 0 Å². The van der Waals surface area contributed by atoms with Crippen LogP contribution >= 0.6 is 0 Å². The molecular formula is C15H22. The van der Waals surface area contributed by atoms with Crippen molar-refractivity contribution in [1.82, 2.24) is 0 Å². The summed E-state index contributed by atoms with van der Waals surface area (Å²) in [5, 5.41) is 0. The smallest absolute Gasteiger partial charge is 0.0279 e. The van der Waals surface area contributed by atoms with E-state index >= 15 is 0 Å². The van der Waals surface area contributed by atoms with Crippen molar-refractivity contribution in [2.75, 3.05) is 0 Å². The molecule has 1 aliphatic rings. The molecular weight excluding hydrogens is 180 g/mol. The fourth-order valence-electron chi connectivity index (χ4n) is 2.65. The van der Waals surface area contributed by atoms with Crippen LogP contribution in [0.1, 0.15) is 49.7 Å². The van der Waals surface area contributed by atoms with Crippen molar-refractivity contribution in [3.05, 3.63) is 35.4 Å². The molecule has 0 aliphatic heterocycles. The highest BCUT2D eigenvalue weighted by atomic mass is 14.2. The molecule has 0 radical (unpaired) electrons. The van der Waals surface area contributed by atoms with Crippen LogP contribution in [0.25, 0.3) is 0 Å². The van der Waals surface area contributed by atoms with Crippen molar-refractivity contribution in [3.8, 4) is 0 Å². The maximum atomic E-state index is 2.28. The zero-order valence-corrected chi connectivity index (χ0v) is 9.84. The minimum absolute atomic E-state index is 1.05. The van der Waals surface area contributed by atoms with Crippen LogP contribution in [0.5, 0.6) is 0 Å². The minimum Gasteiger partial charge on any atom is -0.0591 e. The van der Waals surface area contributed by atoms with Crippen LogP contribution in [0.4, 0.5) is 0 Å². The van der Waals surface area contributed by atoms with Crippen molar-refractivity contribution >= 4 is 0 Å². The molecule has 0 saturated heterocycles. The molecule has 1 aromatic rings. The molecule has 1 fully saturated rings. The van der Waals surface area contributed by atoms with Crippen LogP contribution in [0.15, 0.2) is 24.3 Å². The van der Waals surface area contributed by atoms with E-state index in [9.17, 15) is 0 Å². The van der Waals surface area contributed by atoms with Gasteiger partial charge >= 0.3 is 0 Å². The fraction of sp³-hybridized carbons (Fsp3) is 0.600. The first-order valence-corrected chi connectivity index (χ1v) is 6.40. The van der Waals surface area contributed by atoms with Crippen LogP contribution < -0.4 is 0 Å². The van der Waals surface area contributed by atoms with Gasteiger partial charge in [0.1, 0.15) is 0 Å². The third kappa shape index (κ3) is 3.37. The Morgan fingerprint density at radius 2 is 1.73 bits per heavy atom. The molecule has 82 valence electrons. The first-order chi connectivity index (χ1) is 7.34. The summed E-state index contributed by atoms with van der Waals surface area (Å²) in [6.07, 6.45) is 10.1. The summed E-state index contributed by atoms with van der Waals surface area (Å²) in [7, 11) is 0. The van der Waals surface area contributed by atoms with E-state index in [0.29, 0.717) is 0 Å². The van der Waals surface area contributed by atoms with Crippen LogP contribution in [-0.4, -0.2) is 0 Å². The Hall–Kier alpha value is -0.780. The molecule has 0 amide bonds. The summed E-state index contributed by atoms with van der Waals surface area (Å²) in [5.74, 6) is 1.05. The third-order valence-electron chi connectivity index (χ3n) is 3.67. The van der Waals surface area contributed by atoms with Gasteiger partial charge < -0.3 is 0 Å². The second-order valence-corrected chi connectivity index (χ2v) is 5.03. The molecule has 1 saturated carbocycles. The second kappa shape index (κ2) is 5.34. The Morgan fingerprint density at radius 1 is 1.07 bits per heavy atom. The summed E-state index contributed by atoms with van der Waals surface area (Å²) in [5.41, 5.74) is 2.88. The fourth-order valence-corrected chi connectivity index (χ4v) is 2.65.